The molecule has 1 aromatic carbocycles. The average molecular weight is 317 g/mol. The van der Waals surface area contributed by atoms with Crippen molar-refractivity contribution in [3.8, 4) is 5.75 Å². The number of carboxylic acid groups (broad SMARTS) is 1. The summed E-state index contributed by atoms with van der Waals surface area (Å²) >= 11 is 5.88. The van der Waals surface area contributed by atoms with Crippen LogP contribution in [0, 0.1) is 10.1 Å². The van der Waals surface area contributed by atoms with E-state index < -0.39 is 16.4 Å². The van der Waals surface area contributed by atoms with Crippen LogP contribution in [0.15, 0.2) is 18.2 Å². The van der Waals surface area contributed by atoms with E-state index in [0.29, 0.717) is 18.6 Å². The fourth-order valence-electron chi connectivity index (χ4n) is 1.67. The number of rotatable bonds is 8. The smallest absolute Gasteiger partial charge is 0.323 e. The Bertz CT molecular complexity index is 537. The lowest BCUT2D eigenvalue weighted by atomic mass is 9.96. The van der Waals surface area contributed by atoms with Gasteiger partial charge in [0.2, 0.25) is 0 Å². The first-order chi connectivity index (χ1) is 9.80. The molecule has 7 nitrogen and oxygen atoms in total. The van der Waals surface area contributed by atoms with E-state index in [0.717, 1.165) is 0 Å². The standard InChI is InChI=1S/C13H17ClN2O5/c1-13(15-2,12(17)18)6-3-7-21-11-5-4-9(16(19)20)8-10(11)14/h4-5,8,15H,3,6-7H2,1-2H3,(H,17,18). The molecule has 0 fully saturated rings. The van der Waals surface area contributed by atoms with E-state index in [4.69, 9.17) is 21.4 Å². The van der Waals surface area contributed by atoms with Gasteiger partial charge in [-0.25, -0.2) is 0 Å². The Balaban J connectivity index is 2.53. The first-order valence-electron chi connectivity index (χ1n) is 6.29. The molecule has 0 aliphatic rings. The molecule has 1 aromatic rings. The SMILES string of the molecule is CNC(C)(CCCOc1ccc([N+](=O)[O-])cc1Cl)C(=O)O. The Hall–Kier alpha value is -1.86. The molecular formula is C13H17ClN2O5. The van der Waals surface area contributed by atoms with Gasteiger partial charge in [-0.05, 0) is 32.9 Å². The maximum Gasteiger partial charge on any atom is 0.323 e. The Morgan fingerprint density at radius 2 is 2.24 bits per heavy atom. The lowest BCUT2D eigenvalue weighted by Gasteiger charge is -2.23. The maximum absolute atomic E-state index is 11.1. The molecule has 0 bridgehead atoms. The fourth-order valence-corrected chi connectivity index (χ4v) is 1.90. The normalized spacial score (nSPS) is 13.5. The molecule has 1 rings (SSSR count). The van der Waals surface area contributed by atoms with Crippen molar-refractivity contribution in [1.29, 1.82) is 0 Å². The molecule has 0 radical (unpaired) electrons. The summed E-state index contributed by atoms with van der Waals surface area (Å²) in [6.45, 7) is 1.86. The predicted octanol–water partition coefficient (Wildman–Crippen LogP) is 2.47. The minimum atomic E-state index is -1.01. The van der Waals surface area contributed by atoms with Crippen LogP contribution in [0.1, 0.15) is 19.8 Å². The van der Waals surface area contributed by atoms with Gasteiger partial charge in [-0.15, -0.1) is 0 Å². The van der Waals surface area contributed by atoms with Crippen molar-refractivity contribution < 1.29 is 19.6 Å². The Labute approximate surface area is 127 Å². The number of nitro benzene ring substituents is 1. The minimum absolute atomic E-state index is 0.110. The number of hydrogen-bond donors (Lipinski definition) is 2. The third-order valence-corrected chi connectivity index (χ3v) is 3.52. The van der Waals surface area contributed by atoms with Crippen LogP contribution in [0.4, 0.5) is 5.69 Å². The summed E-state index contributed by atoms with van der Waals surface area (Å²) in [5, 5.41) is 22.6. The van der Waals surface area contributed by atoms with E-state index in [2.05, 4.69) is 5.32 Å². The Morgan fingerprint density at radius 1 is 1.57 bits per heavy atom. The number of carboxylic acids is 1. The molecule has 0 heterocycles. The lowest BCUT2D eigenvalue weighted by molar-refractivity contribution is -0.384. The number of likely N-dealkylation sites (N-methyl/N-ethyl adjacent to an activating group) is 1. The molecule has 0 saturated carbocycles. The van der Waals surface area contributed by atoms with Crippen molar-refractivity contribution in [3.63, 3.8) is 0 Å². The summed E-state index contributed by atoms with van der Waals surface area (Å²) in [7, 11) is 1.59. The molecule has 116 valence electrons. The number of aliphatic carboxylic acids is 1. The van der Waals surface area contributed by atoms with Gasteiger partial charge in [0.15, 0.2) is 0 Å². The number of nitrogens with zero attached hydrogens (tertiary/aromatic N) is 1. The predicted molar refractivity (Wildman–Crippen MR) is 77.9 cm³/mol. The van der Waals surface area contributed by atoms with Crippen LogP contribution in [0.2, 0.25) is 5.02 Å². The zero-order valence-electron chi connectivity index (χ0n) is 11.8. The van der Waals surface area contributed by atoms with Crippen molar-refractivity contribution in [2.75, 3.05) is 13.7 Å². The topological polar surface area (TPSA) is 102 Å². The van der Waals surface area contributed by atoms with Gasteiger partial charge in [-0.3, -0.25) is 14.9 Å². The van der Waals surface area contributed by atoms with Crippen molar-refractivity contribution in [1.82, 2.24) is 5.32 Å². The van der Waals surface area contributed by atoms with E-state index >= 15 is 0 Å². The highest BCUT2D eigenvalue weighted by molar-refractivity contribution is 6.32. The van der Waals surface area contributed by atoms with Crippen LogP contribution in [0.5, 0.6) is 5.75 Å². The third kappa shape index (κ3) is 4.57. The summed E-state index contributed by atoms with van der Waals surface area (Å²) in [5.74, 6) is -0.595. The number of nitro groups is 1. The minimum Gasteiger partial charge on any atom is -0.492 e. The summed E-state index contributed by atoms with van der Waals surface area (Å²) in [6.07, 6.45) is 0.875. The van der Waals surface area contributed by atoms with Gasteiger partial charge in [0.05, 0.1) is 16.6 Å². The Morgan fingerprint density at radius 3 is 2.71 bits per heavy atom. The second-order valence-corrected chi connectivity index (χ2v) is 5.12. The van der Waals surface area contributed by atoms with E-state index in [1.807, 2.05) is 0 Å². The van der Waals surface area contributed by atoms with Crippen LogP contribution in [0.3, 0.4) is 0 Å². The number of non-ortho nitro benzene ring substituents is 1. The third-order valence-electron chi connectivity index (χ3n) is 3.23. The van der Waals surface area contributed by atoms with E-state index in [9.17, 15) is 14.9 Å². The molecule has 0 aliphatic heterocycles. The van der Waals surface area contributed by atoms with Crippen LogP contribution in [0.25, 0.3) is 0 Å². The van der Waals surface area contributed by atoms with Gasteiger partial charge >= 0.3 is 5.97 Å². The molecule has 0 spiro atoms. The van der Waals surface area contributed by atoms with Crippen molar-refractivity contribution >= 4 is 23.3 Å². The number of halogens is 1. The van der Waals surface area contributed by atoms with Gasteiger partial charge in [-0.1, -0.05) is 11.6 Å². The van der Waals surface area contributed by atoms with E-state index in [-0.39, 0.29) is 17.3 Å². The molecule has 0 aromatic heterocycles. The van der Waals surface area contributed by atoms with Gasteiger partial charge in [0.25, 0.3) is 5.69 Å². The van der Waals surface area contributed by atoms with Crippen molar-refractivity contribution in [3.05, 3.63) is 33.3 Å². The number of nitrogens with one attached hydrogen (secondary N) is 1. The zero-order chi connectivity index (χ0) is 16.0. The maximum atomic E-state index is 11.1. The molecule has 1 unspecified atom stereocenters. The molecule has 0 amide bonds. The molecular weight excluding hydrogens is 300 g/mol. The monoisotopic (exact) mass is 316 g/mol. The van der Waals surface area contributed by atoms with Crippen molar-refractivity contribution in [2.45, 2.75) is 25.3 Å². The van der Waals surface area contributed by atoms with Crippen LogP contribution in [-0.2, 0) is 4.79 Å². The van der Waals surface area contributed by atoms with Crippen LogP contribution >= 0.6 is 11.6 Å². The van der Waals surface area contributed by atoms with Crippen LogP contribution < -0.4 is 10.1 Å². The number of ether oxygens (including phenoxy) is 1. The molecule has 0 aliphatic carbocycles. The van der Waals surface area contributed by atoms with E-state index in [1.54, 1.807) is 14.0 Å². The Kier molecular flexibility index (Phi) is 5.92. The fraction of sp³-hybridized carbons (Fsp3) is 0.462. The molecule has 8 heteroatoms. The van der Waals surface area contributed by atoms with Gasteiger partial charge < -0.3 is 15.2 Å². The average Bonchev–Trinajstić information content (AvgIpc) is 2.44. The zero-order valence-corrected chi connectivity index (χ0v) is 12.5. The second kappa shape index (κ2) is 7.24. The van der Waals surface area contributed by atoms with Gasteiger partial charge in [0, 0.05) is 12.1 Å². The summed E-state index contributed by atoms with van der Waals surface area (Å²) < 4.78 is 5.42. The largest absolute Gasteiger partial charge is 0.492 e. The first kappa shape index (κ1) is 17.2. The molecule has 0 saturated heterocycles. The summed E-state index contributed by atoms with van der Waals surface area (Å²) in [4.78, 5) is 21.1. The molecule has 2 N–H and O–H groups in total. The number of benzene rings is 1. The molecule has 1 atom stereocenters. The first-order valence-corrected chi connectivity index (χ1v) is 6.67. The number of hydrogen-bond acceptors (Lipinski definition) is 5. The molecule has 21 heavy (non-hydrogen) atoms. The second-order valence-electron chi connectivity index (χ2n) is 4.71. The summed E-state index contributed by atoms with van der Waals surface area (Å²) in [5.41, 5.74) is -1.12. The van der Waals surface area contributed by atoms with Gasteiger partial charge in [0.1, 0.15) is 11.3 Å². The summed E-state index contributed by atoms with van der Waals surface area (Å²) in [6, 6.07) is 3.94. The number of carbonyl (C=O) groups is 1. The van der Waals surface area contributed by atoms with Crippen LogP contribution in [-0.4, -0.2) is 35.2 Å². The highest BCUT2D eigenvalue weighted by Crippen LogP contribution is 2.28. The van der Waals surface area contributed by atoms with E-state index in [1.165, 1.54) is 18.2 Å². The quantitative estimate of drug-likeness (QED) is 0.434. The van der Waals surface area contributed by atoms with Crippen molar-refractivity contribution in [2.24, 2.45) is 0 Å². The highest BCUT2D eigenvalue weighted by Gasteiger charge is 2.30. The van der Waals surface area contributed by atoms with Gasteiger partial charge in [-0.2, -0.15) is 0 Å². The highest BCUT2D eigenvalue weighted by atomic mass is 35.5. The lowest BCUT2D eigenvalue weighted by Crippen LogP contribution is -2.47.